The molecule has 0 saturated carbocycles. The Labute approximate surface area is 95.4 Å². The van der Waals surface area contributed by atoms with Crippen molar-refractivity contribution in [2.24, 2.45) is 7.05 Å². The zero-order valence-electron chi connectivity index (χ0n) is 9.40. The fourth-order valence-electron chi connectivity index (χ4n) is 1.12. The molecule has 5 heteroatoms. The average molecular weight is 229 g/mol. The Morgan fingerprint density at radius 2 is 2.40 bits per heavy atom. The van der Waals surface area contributed by atoms with E-state index in [2.05, 4.69) is 10.3 Å². The minimum Gasteiger partial charge on any atom is -0.380 e. The Morgan fingerprint density at radius 1 is 1.53 bits per heavy atom. The second-order valence-electron chi connectivity index (χ2n) is 3.12. The van der Waals surface area contributed by atoms with Crippen LogP contribution in [0.15, 0.2) is 17.6 Å². The van der Waals surface area contributed by atoms with Gasteiger partial charge in [0.25, 0.3) is 0 Å². The van der Waals surface area contributed by atoms with E-state index in [-0.39, 0.29) is 0 Å². The van der Waals surface area contributed by atoms with Gasteiger partial charge < -0.3 is 14.6 Å². The number of thioether (sulfide) groups is 1. The highest BCUT2D eigenvalue weighted by Crippen LogP contribution is 2.12. The SMILES string of the molecule is CCOCCNCCSc1nccn1C. The lowest BCUT2D eigenvalue weighted by Crippen LogP contribution is -2.22. The predicted molar refractivity (Wildman–Crippen MR) is 63.3 cm³/mol. The molecule has 0 aliphatic heterocycles. The first kappa shape index (κ1) is 12.5. The molecular weight excluding hydrogens is 210 g/mol. The molecule has 0 aliphatic carbocycles. The number of aromatic nitrogens is 2. The van der Waals surface area contributed by atoms with Crippen molar-refractivity contribution in [3.8, 4) is 0 Å². The van der Waals surface area contributed by atoms with E-state index in [1.54, 1.807) is 11.8 Å². The van der Waals surface area contributed by atoms with Gasteiger partial charge in [-0.25, -0.2) is 4.98 Å². The zero-order valence-corrected chi connectivity index (χ0v) is 10.2. The number of nitrogens with one attached hydrogen (secondary N) is 1. The summed E-state index contributed by atoms with van der Waals surface area (Å²) < 4.78 is 7.25. The number of imidazole rings is 1. The van der Waals surface area contributed by atoms with Gasteiger partial charge in [0.05, 0.1) is 6.61 Å². The maximum absolute atomic E-state index is 5.22. The first-order valence-electron chi connectivity index (χ1n) is 5.23. The van der Waals surface area contributed by atoms with E-state index in [0.29, 0.717) is 0 Å². The molecule has 15 heavy (non-hydrogen) atoms. The largest absolute Gasteiger partial charge is 0.380 e. The maximum atomic E-state index is 5.22. The Bertz CT molecular complexity index is 265. The summed E-state index contributed by atoms with van der Waals surface area (Å²) in [5.41, 5.74) is 0. The summed E-state index contributed by atoms with van der Waals surface area (Å²) in [4.78, 5) is 4.24. The van der Waals surface area contributed by atoms with Crippen LogP contribution in [-0.2, 0) is 11.8 Å². The number of ether oxygens (including phenoxy) is 1. The topological polar surface area (TPSA) is 39.1 Å². The first-order chi connectivity index (χ1) is 7.34. The summed E-state index contributed by atoms with van der Waals surface area (Å²) in [6.45, 7) is 5.52. The molecule has 1 heterocycles. The highest BCUT2D eigenvalue weighted by atomic mass is 32.2. The van der Waals surface area contributed by atoms with Crippen LogP contribution in [-0.4, -0.2) is 41.6 Å². The van der Waals surface area contributed by atoms with E-state index in [0.717, 1.165) is 37.2 Å². The molecule has 0 aromatic carbocycles. The highest BCUT2D eigenvalue weighted by Gasteiger charge is 1.98. The number of hydrogen-bond acceptors (Lipinski definition) is 4. The molecule has 1 aromatic rings. The third-order valence-corrected chi connectivity index (χ3v) is 2.97. The van der Waals surface area contributed by atoms with Crippen LogP contribution >= 0.6 is 11.8 Å². The van der Waals surface area contributed by atoms with Crippen LogP contribution in [0.1, 0.15) is 6.92 Å². The van der Waals surface area contributed by atoms with Crippen molar-refractivity contribution in [1.82, 2.24) is 14.9 Å². The molecule has 0 unspecified atom stereocenters. The molecule has 1 N–H and O–H groups in total. The molecule has 1 aromatic heterocycles. The summed E-state index contributed by atoms with van der Waals surface area (Å²) in [5, 5.41) is 4.39. The van der Waals surface area contributed by atoms with Crippen LogP contribution in [0.25, 0.3) is 0 Å². The Hall–Kier alpha value is -0.520. The third kappa shape index (κ3) is 5.20. The Kier molecular flexibility index (Phi) is 6.47. The van der Waals surface area contributed by atoms with Gasteiger partial charge >= 0.3 is 0 Å². The maximum Gasteiger partial charge on any atom is 0.167 e. The summed E-state index contributed by atoms with van der Waals surface area (Å²) in [6.07, 6.45) is 3.79. The van der Waals surface area contributed by atoms with Crippen molar-refractivity contribution < 1.29 is 4.74 Å². The van der Waals surface area contributed by atoms with Crippen LogP contribution in [0.3, 0.4) is 0 Å². The summed E-state index contributed by atoms with van der Waals surface area (Å²) in [6, 6.07) is 0. The van der Waals surface area contributed by atoms with Gasteiger partial charge in [-0.05, 0) is 6.92 Å². The number of aryl methyl sites for hydroxylation is 1. The fourth-order valence-corrected chi connectivity index (χ4v) is 1.95. The van der Waals surface area contributed by atoms with Crippen LogP contribution in [0.2, 0.25) is 0 Å². The lowest BCUT2D eigenvalue weighted by Gasteiger charge is -2.04. The number of hydrogen-bond donors (Lipinski definition) is 1. The van der Waals surface area contributed by atoms with Gasteiger partial charge in [-0.15, -0.1) is 0 Å². The van der Waals surface area contributed by atoms with E-state index in [4.69, 9.17) is 4.74 Å². The van der Waals surface area contributed by atoms with Crippen molar-refractivity contribution in [3.63, 3.8) is 0 Å². The van der Waals surface area contributed by atoms with Crippen molar-refractivity contribution >= 4 is 11.8 Å². The Morgan fingerprint density at radius 3 is 3.07 bits per heavy atom. The molecule has 0 radical (unpaired) electrons. The van der Waals surface area contributed by atoms with Crippen LogP contribution in [0, 0.1) is 0 Å². The summed E-state index contributed by atoms with van der Waals surface area (Å²) in [7, 11) is 2.01. The minimum absolute atomic E-state index is 0.795. The Balaban J connectivity index is 1.96. The van der Waals surface area contributed by atoms with Gasteiger partial charge in [0, 0.05) is 44.9 Å². The standard InChI is InChI=1S/C10H19N3OS/c1-3-14-8-5-11-6-9-15-10-12-4-7-13(10)2/h4,7,11H,3,5-6,8-9H2,1-2H3. The van der Waals surface area contributed by atoms with Crippen LogP contribution in [0.4, 0.5) is 0 Å². The first-order valence-corrected chi connectivity index (χ1v) is 6.21. The van der Waals surface area contributed by atoms with E-state index >= 15 is 0 Å². The molecule has 4 nitrogen and oxygen atoms in total. The molecule has 0 aliphatic rings. The smallest absolute Gasteiger partial charge is 0.167 e. The summed E-state index contributed by atoms with van der Waals surface area (Å²) in [5.74, 6) is 1.04. The normalized spacial score (nSPS) is 10.8. The number of rotatable bonds is 8. The van der Waals surface area contributed by atoms with Crippen molar-refractivity contribution in [3.05, 3.63) is 12.4 Å². The number of nitrogens with zero attached hydrogens (tertiary/aromatic N) is 2. The third-order valence-electron chi connectivity index (χ3n) is 1.91. The van der Waals surface area contributed by atoms with Crippen molar-refractivity contribution in [1.29, 1.82) is 0 Å². The molecule has 0 spiro atoms. The van der Waals surface area contributed by atoms with Crippen molar-refractivity contribution in [2.75, 3.05) is 32.1 Å². The van der Waals surface area contributed by atoms with E-state index in [9.17, 15) is 0 Å². The summed E-state index contributed by atoms with van der Waals surface area (Å²) >= 11 is 1.77. The van der Waals surface area contributed by atoms with E-state index in [1.807, 2.05) is 30.9 Å². The van der Waals surface area contributed by atoms with Crippen LogP contribution < -0.4 is 5.32 Å². The molecule has 0 atom stereocenters. The van der Waals surface area contributed by atoms with Gasteiger partial charge in [-0.2, -0.15) is 0 Å². The lowest BCUT2D eigenvalue weighted by molar-refractivity contribution is 0.150. The molecule has 0 amide bonds. The predicted octanol–water partition coefficient (Wildman–Crippen LogP) is 1.14. The quantitative estimate of drug-likeness (QED) is 0.536. The van der Waals surface area contributed by atoms with Gasteiger partial charge in [0.1, 0.15) is 0 Å². The van der Waals surface area contributed by atoms with Gasteiger partial charge in [0.15, 0.2) is 5.16 Å². The molecule has 1 rings (SSSR count). The molecular formula is C10H19N3OS. The van der Waals surface area contributed by atoms with E-state index in [1.165, 1.54) is 0 Å². The molecule has 0 fully saturated rings. The molecule has 0 saturated heterocycles. The monoisotopic (exact) mass is 229 g/mol. The van der Waals surface area contributed by atoms with Gasteiger partial charge in [0.2, 0.25) is 0 Å². The highest BCUT2D eigenvalue weighted by molar-refractivity contribution is 7.99. The van der Waals surface area contributed by atoms with Gasteiger partial charge in [-0.3, -0.25) is 0 Å². The second-order valence-corrected chi connectivity index (χ2v) is 4.18. The van der Waals surface area contributed by atoms with Gasteiger partial charge in [-0.1, -0.05) is 11.8 Å². The second kappa shape index (κ2) is 7.73. The lowest BCUT2D eigenvalue weighted by atomic mass is 10.6. The van der Waals surface area contributed by atoms with Crippen molar-refractivity contribution in [2.45, 2.75) is 12.1 Å². The fraction of sp³-hybridized carbons (Fsp3) is 0.700. The van der Waals surface area contributed by atoms with Crippen LogP contribution in [0.5, 0.6) is 0 Å². The zero-order chi connectivity index (χ0) is 10.9. The average Bonchev–Trinajstić information content (AvgIpc) is 2.63. The minimum atomic E-state index is 0.795. The van der Waals surface area contributed by atoms with E-state index < -0.39 is 0 Å². The molecule has 86 valence electrons. The molecule has 0 bridgehead atoms.